The SMILES string of the molecule is Cc1ccc2c(-c3c(C)ccc4ccccc34)c3ccccc3c(-c3ccc4c(c3)C(C)(C)c3ccccc3-4)c2c1. The highest BCUT2D eigenvalue weighted by Gasteiger charge is 2.35. The van der Waals surface area contributed by atoms with Crippen molar-refractivity contribution in [1.82, 2.24) is 0 Å². The van der Waals surface area contributed by atoms with E-state index in [0.29, 0.717) is 0 Å². The summed E-state index contributed by atoms with van der Waals surface area (Å²) in [4.78, 5) is 0. The van der Waals surface area contributed by atoms with Crippen LogP contribution in [0, 0.1) is 13.8 Å². The van der Waals surface area contributed by atoms with E-state index in [-0.39, 0.29) is 5.41 Å². The Kier molecular flexibility index (Phi) is 5.10. The molecule has 0 fully saturated rings. The van der Waals surface area contributed by atoms with Gasteiger partial charge in [0, 0.05) is 5.41 Å². The molecule has 8 rings (SSSR count). The predicted octanol–water partition coefficient (Wildman–Crippen LogP) is 11.4. The zero-order chi connectivity index (χ0) is 27.9. The predicted molar refractivity (Wildman–Crippen MR) is 177 cm³/mol. The maximum absolute atomic E-state index is 2.47. The molecule has 0 aromatic heterocycles. The van der Waals surface area contributed by atoms with Crippen LogP contribution in [0.4, 0.5) is 0 Å². The molecule has 1 aliphatic rings. The first-order chi connectivity index (χ1) is 19.9. The van der Waals surface area contributed by atoms with Crippen LogP contribution in [-0.4, -0.2) is 0 Å². The van der Waals surface area contributed by atoms with E-state index in [9.17, 15) is 0 Å². The number of aryl methyl sites for hydroxylation is 2. The van der Waals surface area contributed by atoms with E-state index in [1.54, 1.807) is 0 Å². The van der Waals surface area contributed by atoms with Crippen molar-refractivity contribution in [2.24, 2.45) is 0 Å². The van der Waals surface area contributed by atoms with Crippen molar-refractivity contribution in [1.29, 1.82) is 0 Å². The zero-order valence-corrected chi connectivity index (χ0v) is 24.0. The van der Waals surface area contributed by atoms with Gasteiger partial charge in [-0.1, -0.05) is 135 Å². The van der Waals surface area contributed by atoms with Gasteiger partial charge in [-0.25, -0.2) is 0 Å². The van der Waals surface area contributed by atoms with Crippen LogP contribution < -0.4 is 0 Å². The van der Waals surface area contributed by atoms with E-state index in [1.165, 1.54) is 88.0 Å². The largest absolute Gasteiger partial charge is 0.0619 e. The monoisotopic (exact) mass is 524 g/mol. The van der Waals surface area contributed by atoms with Crippen LogP contribution in [0.1, 0.15) is 36.1 Å². The smallest absolute Gasteiger partial charge is 0.0159 e. The fraction of sp³-hybridized carbons (Fsp3) is 0.122. The van der Waals surface area contributed by atoms with E-state index >= 15 is 0 Å². The van der Waals surface area contributed by atoms with Gasteiger partial charge in [-0.3, -0.25) is 0 Å². The molecule has 0 unspecified atom stereocenters. The van der Waals surface area contributed by atoms with Crippen LogP contribution in [0.2, 0.25) is 0 Å². The Labute approximate surface area is 241 Å². The standard InChI is InChI=1S/C41H32/c1-25-17-21-34-35(23-25)39(28-20-22-31-30-13-9-10-16-36(30)41(3,4)37(31)24-28)32-14-7-8-15-33(32)40(34)38-26(2)18-19-27-11-5-6-12-29(27)38/h5-24H,1-4H3. The maximum atomic E-state index is 2.47. The van der Waals surface area contributed by atoms with Gasteiger partial charge >= 0.3 is 0 Å². The first-order valence-corrected chi connectivity index (χ1v) is 14.6. The second-order valence-corrected chi connectivity index (χ2v) is 12.3. The summed E-state index contributed by atoms with van der Waals surface area (Å²) in [5, 5.41) is 7.83. The molecule has 0 radical (unpaired) electrons. The Bertz CT molecular complexity index is 2190. The average molecular weight is 525 g/mol. The second-order valence-electron chi connectivity index (χ2n) is 12.3. The molecule has 0 heterocycles. The molecule has 0 aliphatic heterocycles. The minimum Gasteiger partial charge on any atom is -0.0619 e. The van der Waals surface area contributed by atoms with E-state index in [0.717, 1.165) is 0 Å². The van der Waals surface area contributed by atoms with Crippen molar-refractivity contribution in [3.8, 4) is 33.4 Å². The van der Waals surface area contributed by atoms with Crippen molar-refractivity contribution in [3.63, 3.8) is 0 Å². The van der Waals surface area contributed by atoms with E-state index in [4.69, 9.17) is 0 Å². The summed E-state index contributed by atoms with van der Waals surface area (Å²) in [5.41, 5.74) is 13.4. The Hall–Kier alpha value is -4.68. The second kappa shape index (κ2) is 8.66. The quantitative estimate of drug-likeness (QED) is 0.197. The summed E-state index contributed by atoms with van der Waals surface area (Å²) in [6, 6.07) is 45.5. The summed E-state index contributed by atoms with van der Waals surface area (Å²) in [6.07, 6.45) is 0. The molecule has 196 valence electrons. The minimum atomic E-state index is -0.0382. The van der Waals surface area contributed by atoms with Gasteiger partial charge in [0.15, 0.2) is 0 Å². The van der Waals surface area contributed by atoms with Crippen molar-refractivity contribution >= 4 is 32.3 Å². The Morgan fingerprint density at radius 2 is 1.10 bits per heavy atom. The molecule has 0 nitrogen and oxygen atoms in total. The van der Waals surface area contributed by atoms with E-state index in [1.807, 2.05) is 0 Å². The topological polar surface area (TPSA) is 0 Å². The van der Waals surface area contributed by atoms with Gasteiger partial charge in [0.1, 0.15) is 0 Å². The number of hydrogen-bond acceptors (Lipinski definition) is 0. The maximum Gasteiger partial charge on any atom is 0.0159 e. The Balaban J connectivity index is 1.50. The summed E-state index contributed by atoms with van der Waals surface area (Å²) in [5.74, 6) is 0. The normalized spacial score (nSPS) is 13.6. The van der Waals surface area contributed by atoms with Crippen molar-refractivity contribution in [3.05, 3.63) is 144 Å². The highest BCUT2D eigenvalue weighted by Crippen LogP contribution is 2.51. The highest BCUT2D eigenvalue weighted by molar-refractivity contribution is 6.24. The Morgan fingerprint density at radius 1 is 0.439 bits per heavy atom. The van der Waals surface area contributed by atoms with Gasteiger partial charge in [0.05, 0.1) is 0 Å². The molecule has 0 atom stereocenters. The van der Waals surface area contributed by atoms with Crippen LogP contribution in [-0.2, 0) is 5.41 Å². The lowest BCUT2D eigenvalue weighted by Crippen LogP contribution is -2.14. The first-order valence-electron chi connectivity index (χ1n) is 14.6. The van der Waals surface area contributed by atoms with Crippen LogP contribution in [0.5, 0.6) is 0 Å². The number of benzene rings is 7. The molecule has 7 aromatic carbocycles. The minimum absolute atomic E-state index is 0.0382. The van der Waals surface area contributed by atoms with Gasteiger partial charge < -0.3 is 0 Å². The molecule has 0 amide bonds. The fourth-order valence-corrected chi connectivity index (χ4v) is 7.44. The summed E-state index contributed by atoms with van der Waals surface area (Å²) >= 11 is 0. The van der Waals surface area contributed by atoms with Gasteiger partial charge in [-0.15, -0.1) is 0 Å². The van der Waals surface area contributed by atoms with Gasteiger partial charge in [0.25, 0.3) is 0 Å². The number of hydrogen-bond donors (Lipinski definition) is 0. The van der Waals surface area contributed by atoms with Crippen LogP contribution in [0.25, 0.3) is 65.7 Å². The molecular weight excluding hydrogens is 492 g/mol. The Morgan fingerprint density at radius 3 is 1.93 bits per heavy atom. The average Bonchev–Trinajstić information content (AvgIpc) is 3.22. The van der Waals surface area contributed by atoms with Crippen molar-refractivity contribution < 1.29 is 0 Å². The van der Waals surface area contributed by atoms with Crippen molar-refractivity contribution in [2.75, 3.05) is 0 Å². The molecule has 0 saturated carbocycles. The van der Waals surface area contributed by atoms with Crippen LogP contribution >= 0.6 is 0 Å². The molecule has 0 saturated heterocycles. The molecule has 0 heteroatoms. The zero-order valence-electron chi connectivity index (χ0n) is 24.0. The number of rotatable bonds is 2. The fourth-order valence-electron chi connectivity index (χ4n) is 7.44. The molecule has 7 aromatic rings. The van der Waals surface area contributed by atoms with E-state index < -0.39 is 0 Å². The number of fused-ring (bicyclic) bond motifs is 6. The van der Waals surface area contributed by atoms with E-state index in [2.05, 4.69) is 149 Å². The molecule has 41 heavy (non-hydrogen) atoms. The lowest BCUT2D eigenvalue weighted by molar-refractivity contribution is 0.660. The van der Waals surface area contributed by atoms with Gasteiger partial charge in [0.2, 0.25) is 0 Å². The molecular formula is C41H32. The molecule has 1 aliphatic carbocycles. The van der Waals surface area contributed by atoms with Gasteiger partial charge in [-0.2, -0.15) is 0 Å². The third-order valence-corrected chi connectivity index (χ3v) is 9.44. The molecule has 0 N–H and O–H groups in total. The molecule has 0 bridgehead atoms. The third-order valence-electron chi connectivity index (χ3n) is 9.44. The molecule has 0 spiro atoms. The lowest BCUT2D eigenvalue weighted by Gasteiger charge is -2.23. The summed E-state index contributed by atoms with van der Waals surface area (Å²) in [6.45, 7) is 9.21. The van der Waals surface area contributed by atoms with Crippen LogP contribution in [0.15, 0.2) is 121 Å². The van der Waals surface area contributed by atoms with Crippen molar-refractivity contribution in [2.45, 2.75) is 33.1 Å². The third kappa shape index (κ3) is 3.40. The summed E-state index contributed by atoms with van der Waals surface area (Å²) < 4.78 is 0. The van der Waals surface area contributed by atoms with Crippen LogP contribution in [0.3, 0.4) is 0 Å². The lowest BCUT2D eigenvalue weighted by atomic mass is 9.80. The van der Waals surface area contributed by atoms with Gasteiger partial charge in [-0.05, 0) is 102 Å². The first kappa shape index (κ1) is 24.1. The summed E-state index contributed by atoms with van der Waals surface area (Å²) in [7, 11) is 0. The highest BCUT2D eigenvalue weighted by atomic mass is 14.4.